The van der Waals surface area contributed by atoms with Crippen molar-refractivity contribution in [2.75, 3.05) is 13.2 Å². The molecule has 2 aromatic heterocycles. The standard InChI is InChI=1S/C20H21FN4O5/c1-20(10-28-11-20)22-19(27)15-7-17(23-25(15)2)29-9-14-16(8-26)30-24-18(14)12-3-5-13(21)6-4-12/h3-7,26H,8-11H2,1-2H3,(H,22,27). The minimum absolute atomic E-state index is 0.00424. The molecule has 1 aliphatic rings. The van der Waals surface area contributed by atoms with Crippen molar-refractivity contribution in [3.63, 3.8) is 0 Å². The SMILES string of the molecule is Cn1nc(OCc2c(-c3ccc(F)cc3)noc2CO)cc1C(=O)NC1(C)COC1. The minimum Gasteiger partial charge on any atom is -0.471 e. The molecule has 0 saturated carbocycles. The van der Waals surface area contributed by atoms with Gasteiger partial charge in [-0.3, -0.25) is 9.48 Å². The molecule has 1 aromatic carbocycles. The Morgan fingerprint density at radius 2 is 2.10 bits per heavy atom. The van der Waals surface area contributed by atoms with Gasteiger partial charge in [0.15, 0.2) is 5.76 Å². The maximum atomic E-state index is 13.2. The molecule has 3 aromatic rings. The van der Waals surface area contributed by atoms with Crippen LogP contribution in [0.2, 0.25) is 0 Å². The van der Waals surface area contributed by atoms with E-state index in [1.54, 1.807) is 19.2 Å². The van der Waals surface area contributed by atoms with Crippen LogP contribution in [0.5, 0.6) is 5.88 Å². The largest absolute Gasteiger partial charge is 0.471 e. The zero-order valence-corrected chi connectivity index (χ0v) is 16.5. The summed E-state index contributed by atoms with van der Waals surface area (Å²) >= 11 is 0. The molecular weight excluding hydrogens is 395 g/mol. The van der Waals surface area contributed by atoms with Gasteiger partial charge in [0.05, 0.1) is 24.3 Å². The van der Waals surface area contributed by atoms with Gasteiger partial charge in [-0.05, 0) is 31.2 Å². The second-order valence-electron chi connectivity index (χ2n) is 7.39. The molecular formula is C20H21FN4O5. The summed E-state index contributed by atoms with van der Waals surface area (Å²) in [6.07, 6.45) is 0. The van der Waals surface area contributed by atoms with Crippen molar-refractivity contribution in [1.82, 2.24) is 20.3 Å². The zero-order valence-electron chi connectivity index (χ0n) is 16.5. The number of carbonyl (C=O) groups excluding carboxylic acids is 1. The van der Waals surface area contributed by atoms with E-state index in [0.717, 1.165) is 0 Å². The molecule has 0 atom stereocenters. The van der Waals surface area contributed by atoms with Gasteiger partial charge in [0, 0.05) is 18.7 Å². The Bertz CT molecular complexity index is 1060. The smallest absolute Gasteiger partial charge is 0.270 e. The monoisotopic (exact) mass is 416 g/mol. The van der Waals surface area contributed by atoms with E-state index in [-0.39, 0.29) is 42.1 Å². The number of halogens is 1. The van der Waals surface area contributed by atoms with Crippen molar-refractivity contribution < 1.29 is 28.3 Å². The number of rotatable bonds is 7. The van der Waals surface area contributed by atoms with E-state index < -0.39 is 0 Å². The van der Waals surface area contributed by atoms with Crippen LogP contribution in [-0.2, 0) is 25.0 Å². The molecule has 0 spiro atoms. The Kier molecular flexibility index (Phi) is 5.27. The van der Waals surface area contributed by atoms with Crippen molar-refractivity contribution in [3.05, 3.63) is 53.2 Å². The normalized spacial score (nSPS) is 14.9. The number of aromatic nitrogens is 3. The van der Waals surface area contributed by atoms with Crippen LogP contribution < -0.4 is 10.1 Å². The third-order valence-electron chi connectivity index (χ3n) is 4.84. The fourth-order valence-corrected chi connectivity index (χ4v) is 3.14. The maximum Gasteiger partial charge on any atom is 0.270 e. The molecule has 9 nitrogen and oxygen atoms in total. The summed E-state index contributed by atoms with van der Waals surface area (Å²) in [5.74, 6) is -0.184. The predicted octanol–water partition coefficient (Wildman–Crippen LogP) is 1.80. The molecule has 1 aliphatic heterocycles. The fourth-order valence-electron chi connectivity index (χ4n) is 3.14. The zero-order chi connectivity index (χ0) is 21.3. The van der Waals surface area contributed by atoms with Crippen molar-refractivity contribution in [1.29, 1.82) is 0 Å². The summed E-state index contributed by atoms with van der Waals surface area (Å²) in [4.78, 5) is 12.5. The van der Waals surface area contributed by atoms with Gasteiger partial charge < -0.3 is 24.4 Å². The van der Waals surface area contributed by atoms with Crippen LogP contribution in [0.4, 0.5) is 4.39 Å². The molecule has 0 radical (unpaired) electrons. The third-order valence-corrected chi connectivity index (χ3v) is 4.84. The molecule has 0 unspecified atom stereocenters. The molecule has 3 heterocycles. The maximum absolute atomic E-state index is 13.2. The topological polar surface area (TPSA) is 112 Å². The van der Waals surface area contributed by atoms with Crippen LogP contribution >= 0.6 is 0 Å². The Morgan fingerprint density at radius 3 is 2.73 bits per heavy atom. The molecule has 2 N–H and O–H groups in total. The number of benzene rings is 1. The van der Waals surface area contributed by atoms with Crippen molar-refractivity contribution in [3.8, 4) is 17.1 Å². The lowest BCUT2D eigenvalue weighted by Crippen LogP contribution is -2.60. The van der Waals surface area contributed by atoms with Crippen molar-refractivity contribution in [2.24, 2.45) is 7.05 Å². The molecule has 10 heteroatoms. The van der Waals surface area contributed by atoms with Gasteiger partial charge in [0.1, 0.15) is 30.4 Å². The number of carbonyl (C=O) groups is 1. The van der Waals surface area contributed by atoms with Crippen molar-refractivity contribution >= 4 is 5.91 Å². The average molecular weight is 416 g/mol. The van der Waals surface area contributed by atoms with E-state index in [0.29, 0.717) is 35.7 Å². The Hall–Kier alpha value is -3.24. The first-order chi connectivity index (χ1) is 14.4. The number of nitrogens with zero attached hydrogens (tertiary/aromatic N) is 3. The average Bonchev–Trinajstić information content (AvgIpc) is 3.28. The van der Waals surface area contributed by atoms with Crippen LogP contribution in [0.15, 0.2) is 34.9 Å². The number of amides is 1. The van der Waals surface area contributed by atoms with E-state index >= 15 is 0 Å². The number of hydrogen-bond donors (Lipinski definition) is 2. The van der Waals surface area contributed by atoms with Crippen LogP contribution in [0, 0.1) is 5.82 Å². The highest BCUT2D eigenvalue weighted by molar-refractivity contribution is 5.93. The van der Waals surface area contributed by atoms with Gasteiger partial charge in [-0.1, -0.05) is 5.16 Å². The third kappa shape index (κ3) is 3.91. The van der Waals surface area contributed by atoms with Gasteiger partial charge >= 0.3 is 0 Å². The van der Waals surface area contributed by atoms with E-state index in [9.17, 15) is 14.3 Å². The number of aryl methyl sites for hydroxylation is 1. The molecule has 0 bridgehead atoms. The first-order valence-electron chi connectivity index (χ1n) is 9.30. The molecule has 0 aliphatic carbocycles. The highest BCUT2D eigenvalue weighted by atomic mass is 19.1. The first-order valence-corrected chi connectivity index (χ1v) is 9.30. The Balaban J connectivity index is 1.50. The number of aliphatic hydroxyl groups excluding tert-OH is 1. The predicted molar refractivity (Wildman–Crippen MR) is 102 cm³/mol. The second-order valence-corrected chi connectivity index (χ2v) is 7.39. The lowest BCUT2D eigenvalue weighted by Gasteiger charge is -2.38. The summed E-state index contributed by atoms with van der Waals surface area (Å²) in [6.45, 7) is 2.45. The van der Waals surface area contributed by atoms with Gasteiger partial charge in [-0.2, -0.15) is 0 Å². The van der Waals surface area contributed by atoms with E-state index in [1.807, 2.05) is 6.92 Å². The van der Waals surface area contributed by atoms with Crippen LogP contribution in [0.1, 0.15) is 28.7 Å². The number of ether oxygens (including phenoxy) is 2. The Labute approximate surface area is 171 Å². The van der Waals surface area contributed by atoms with Gasteiger partial charge in [0.25, 0.3) is 5.91 Å². The van der Waals surface area contributed by atoms with Crippen molar-refractivity contribution in [2.45, 2.75) is 25.7 Å². The Morgan fingerprint density at radius 1 is 1.37 bits per heavy atom. The molecule has 1 amide bonds. The van der Waals surface area contributed by atoms with Gasteiger partial charge in [0.2, 0.25) is 5.88 Å². The number of hydrogen-bond acceptors (Lipinski definition) is 7. The van der Waals surface area contributed by atoms with Crippen LogP contribution in [-0.4, -0.2) is 44.7 Å². The van der Waals surface area contributed by atoms with E-state index in [1.165, 1.54) is 22.9 Å². The molecule has 158 valence electrons. The summed E-state index contributed by atoms with van der Waals surface area (Å²) in [7, 11) is 1.64. The minimum atomic E-state index is -0.384. The van der Waals surface area contributed by atoms with E-state index in [4.69, 9.17) is 14.0 Å². The second kappa shape index (κ2) is 7.88. The quantitative estimate of drug-likeness (QED) is 0.604. The molecule has 1 saturated heterocycles. The summed E-state index contributed by atoms with van der Waals surface area (Å²) in [6, 6.07) is 7.27. The lowest BCUT2D eigenvalue weighted by atomic mass is 10.0. The highest BCUT2D eigenvalue weighted by Gasteiger charge is 2.35. The van der Waals surface area contributed by atoms with Gasteiger partial charge in [-0.15, -0.1) is 5.10 Å². The number of nitrogens with one attached hydrogen (secondary N) is 1. The van der Waals surface area contributed by atoms with Crippen LogP contribution in [0.25, 0.3) is 11.3 Å². The molecule has 30 heavy (non-hydrogen) atoms. The first kappa shape index (κ1) is 20.0. The lowest BCUT2D eigenvalue weighted by molar-refractivity contribution is -0.0594. The summed E-state index contributed by atoms with van der Waals surface area (Å²) in [5.41, 5.74) is 1.52. The molecule has 1 fully saturated rings. The molecule has 4 rings (SSSR count). The van der Waals surface area contributed by atoms with Gasteiger partial charge in [-0.25, -0.2) is 4.39 Å². The van der Waals surface area contributed by atoms with Crippen LogP contribution in [0.3, 0.4) is 0 Å². The van der Waals surface area contributed by atoms with E-state index in [2.05, 4.69) is 15.6 Å². The highest BCUT2D eigenvalue weighted by Crippen LogP contribution is 2.27. The number of aliphatic hydroxyl groups is 1. The summed E-state index contributed by atoms with van der Waals surface area (Å²) < 4.78 is 30.7. The fraction of sp³-hybridized carbons (Fsp3) is 0.350. The summed E-state index contributed by atoms with van der Waals surface area (Å²) in [5, 5.41) is 20.6.